The number of hydrogen-bond acceptors (Lipinski definition) is 5. The zero-order chi connectivity index (χ0) is 17.1. The number of carbonyl (C=O) groups is 3. The standard InChI is InChI=1S/C17H18N2O4S/c20-13-7-3-2-6-12(13)10-14-16(22)19(17(23)24-14)11-15(21)18-8-4-1-5-9-18/h2-3,6-7,10,20H,1,4-5,8-9,11H2/b14-10-. The van der Waals surface area contributed by atoms with Gasteiger partial charge >= 0.3 is 0 Å². The van der Waals surface area contributed by atoms with E-state index in [-0.39, 0.29) is 23.1 Å². The number of benzene rings is 1. The first-order valence-electron chi connectivity index (χ1n) is 7.87. The Bertz CT molecular complexity index is 710. The quantitative estimate of drug-likeness (QED) is 0.851. The second-order valence-electron chi connectivity index (χ2n) is 5.77. The van der Waals surface area contributed by atoms with Gasteiger partial charge in [-0.05, 0) is 43.2 Å². The fraction of sp³-hybridized carbons (Fsp3) is 0.353. The number of para-hydroxylation sites is 1. The summed E-state index contributed by atoms with van der Waals surface area (Å²) in [5.41, 5.74) is 0.463. The number of carbonyl (C=O) groups excluding carboxylic acids is 3. The van der Waals surface area contributed by atoms with E-state index in [0.29, 0.717) is 18.7 Å². The molecular weight excluding hydrogens is 328 g/mol. The van der Waals surface area contributed by atoms with Gasteiger partial charge in [0.2, 0.25) is 5.91 Å². The molecule has 0 spiro atoms. The third kappa shape index (κ3) is 3.46. The minimum atomic E-state index is -0.487. The lowest BCUT2D eigenvalue weighted by molar-refractivity contribution is -0.136. The summed E-state index contributed by atoms with van der Waals surface area (Å²) in [6.45, 7) is 1.15. The van der Waals surface area contributed by atoms with Crippen LogP contribution in [0.15, 0.2) is 29.2 Å². The van der Waals surface area contributed by atoms with Crippen LogP contribution in [-0.4, -0.2) is 51.6 Å². The summed E-state index contributed by atoms with van der Waals surface area (Å²) in [5.74, 6) is -0.645. The van der Waals surface area contributed by atoms with E-state index in [1.165, 1.54) is 12.1 Å². The van der Waals surface area contributed by atoms with Gasteiger partial charge in [-0.2, -0.15) is 0 Å². The third-order valence-electron chi connectivity index (χ3n) is 4.10. The molecule has 0 unspecified atom stereocenters. The van der Waals surface area contributed by atoms with Gasteiger partial charge in [-0.1, -0.05) is 18.2 Å². The van der Waals surface area contributed by atoms with Crippen molar-refractivity contribution in [1.82, 2.24) is 9.80 Å². The Morgan fingerprint density at radius 1 is 1.17 bits per heavy atom. The molecule has 2 heterocycles. The van der Waals surface area contributed by atoms with Crippen LogP contribution in [0.3, 0.4) is 0 Å². The molecule has 2 aliphatic rings. The zero-order valence-corrected chi connectivity index (χ0v) is 13.9. The summed E-state index contributed by atoms with van der Waals surface area (Å²) in [4.78, 5) is 39.7. The highest BCUT2D eigenvalue weighted by Gasteiger charge is 2.37. The predicted molar refractivity (Wildman–Crippen MR) is 91.2 cm³/mol. The molecule has 0 bridgehead atoms. The molecule has 0 aromatic heterocycles. The van der Waals surface area contributed by atoms with Crippen molar-refractivity contribution in [3.63, 3.8) is 0 Å². The van der Waals surface area contributed by atoms with E-state index in [1.54, 1.807) is 23.1 Å². The fourth-order valence-corrected chi connectivity index (χ4v) is 3.59. The molecule has 0 radical (unpaired) electrons. The Morgan fingerprint density at radius 3 is 2.58 bits per heavy atom. The molecule has 2 aliphatic heterocycles. The van der Waals surface area contributed by atoms with Crippen molar-refractivity contribution in [2.24, 2.45) is 0 Å². The molecule has 7 heteroatoms. The van der Waals surface area contributed by atoms with Crippen LogP contribution in [0.25, 0.3) is 6.08 Å². The van der Waals surface area contributed by atoms with Crippen LogP contribution in [0.5, 0.6) is 5.75 Å². The fourth-order valence-electron chi connectivity index (χ4n) is 2.77. The average Bonchev–Trinajstić information content (AvgIpc) is 2.85. The number of aromatic hydroxyl groups is 1. The topological polar surface area (TPSA) is 77.9 Å². The lowest BCUT2D eigenvalue weighted by Gasteiger charge is -2.27. The third-order valence-corrected chi connectivity index (χ3v) is 5.01. The Kier molecular flexibility index (Phi) is 4.89. The van der Waals surface area contributed by atoms with Gasteiger partial charge in [0.05, 0.1) is 4.91 Å². The largest absolute Gasteiger partial charge is 0.507 e. The van der Waals surface area contributed by atoms with Crippen molar-refractivity contribution < 1.29 is 19.5 Å². The van der Waals surface area contributed by atoms with Gasteiger partial charge in [0.1, 0.15) is 12.3 Å². The minimum Gasteiger partial charge on any atom is -0.507 e. The van der Waals surface area contributed by atoms with E-state index in [1.807, 2.05) is 0 Å². The molecule has 0 aliphatic carbocycles. The first-order chi connectivity index (χ1) is 11.6. The number of phenols is 1. The number of imide groups is 1. The van der Waals surface area contributed by atoms with Crippen LogP contribution in [0, 0.1) is 0 Å². The number of thioether (sulfide) groups is 1. The smallest absolute Gasteiger partial charge is 0.294 e. The van der Waals surface area contributed by atoms with Gasteiger partial charge in [-0.25, -0.2) is 0 Å². The molecule has 1 N–H and O–H groups in total. The highest BCUT2D eigenvalue weighted by Crippen LogP contribution is 2.33. The number of hydrogen-bond donors (Lipinski definition) is 1. The van der Waals surface area contributed by atoms with Crippen molar-refractivity contribution in [2.45, 2.75) is 19.3 Å². The van der Waals surface area contributed by atoms with Gasteiger partial charge in [0.15, 0.2) is 0 Å². The molecule has 0 atom stereocenters. The second kappa shape index (κ2) is 7.09. The van der Waals surface area contributed by atoms with Crippen molar-refractivity contribution in [2.75, 3.05) is 19.6 Å². The van der Waals surface area contributed by atoms with E-state index in [4.69, 9.17) is 0 Å². The molecule has 1 aromatic rings. The molecule has 2 saturated heterocycles. The van der Waals surface area contributed by atoms with Gasteiger partial charge < -0.3 is 10.0 Å². The zero-order valence-electron chi connectivity index (χ0n) is 13.1. The van der Waals surface area contributed by atoms with E-state index >= 15 is 0 Å². The monoisotopic (exact) mass is 346 g/mol. The van der Waals surface area contributed by atoms with E-state index < -0.39 is 11.1 Å². The maximum Gasteiger partial charge on any atom is 0.294 e. The second-order valence-corrected chi connectivity index (χ2v) is 6.76. The lowest BCUT2D eigenvalue weighted by Crippen LogP contribution is -2.44. The van der Waals surface area contributed by atoms with Crippen molar-refractivity contribution in [3.8, 4) is 5.75 Å². The van der Waals surface area contributed by atoms with Crippen LogP contribution in [0.1, 0.15) is 24.8 Å². The highest BCUT2D eigenvalue weighted by molar-refractivity contribution is 8.18. The molecule has 3 amide bonds. The molecule has 2 fully saturated rings. The summed E-state index contributed by atoms with van der Waals surface area (Å²) in [6, 6.07) is 6.57. The van der Waals surface area contributed by atoms with Crippen molar-refractivity contribution in [1.29, 1.82) is 0 Å². The Morgan fingerprint density at radius 2 is 1.88 bits per heavy atom. The molecule has 3 rings (SSSR count). The Balaban J connectivity index is 1.72. The van der Waals surface area contributed by atoms with Crippen LogP contribution in [-0.2, 0) is 9.59 Å². The summed E-state index contributed by atoms with van der Waals surface area (Å²) in [7, 11) is 0. The maximum absolute atomic E-state index is 12.4. The summed E-state index contributed by atoms with van der Waals surface area (Å²) in [6.07, 6.45) is 4.50. The van der Waals surface area contributed by atoms with Crippen LogP contribution in [0.2, 0.25) is 0 Å². The number of piperidine rings is 1. The van der Waals surface area contributed by atoms with E-state index in [0.717, 1.165) is 35.9 Å². The molecule has 126 valence electrons. The summed E-state index contributed by atoms with van der Waals surface area (Å²) >= 11 is 0.791. The molecule has 0 saturated carbocycles. The van der Waals surface area contributed by atoms with Crippen LogP contribution < -0.4 is 0 Å². The van der Waals surface area contributed by atoms with Gasteiger partial charge in [-0.15, -0.1) is 0 Å². The Labute approximate surface area is 144 Å². The lowest BCUT2D eigenvalue weighted by atomic mass is 10.1. The van der Waals surface area contributed by atoms with Gasteiger partial charge in [-0.3, -0.25) is 19.3 Å². The normalized spacial score (nSPS) is 20.1. The van der Waals surface area contributed by atoms with Crippen LogP contribution >= 0.6 is 11.8 Å². The number of nitrogens with zero attached hydrogens (tertiary/aromatic N) is 2. The number of rotatable bonds is 3. The highest BCUT2D eigenvalue weighted by atomic mass is 32.2. The van der Waals surface area contributed by atoms with Crippen LogP contribution in [0.4, 0.5) is 4.79 Å². The van der Waals surface area contributed by atoms with E-state index in [9.17, 15) is 19.5 Å². The predicted octanol–water partition coefficient (Wildman–Crippen LogP) is 2.44. The summed E-state index contributed by atoms with van der Waals surface area (Å²) in [5, 5.41) is 9.33. The van der Waals surface area contributed by atoms with Crippen molar-refractivity contribution >= 4 is 34.9 Å². The van der Waals surface area contributed by atoms with Crippen molar-refractivity contribution in [3.05, 3.63) is 34.7 Å². The average molecular weight is 346 g/mol. The Hall–Kier alpha value is -2.28. The number of likely N-dealkylation sites (tertiary alicyclic amines) is 1. The van der Waals surface area contributed by atoms with E-state index in [2.05, 4.69) is 0 Å². The van der Waals surface area contributed by atoms with Gasteiger partial charge in [0, 0.05) is 18.7 Å². The summed E-state index contributed by atoms with van der Waals surface area (Å²) < 4.78 is 0. The maximum atomic E-state index is 12.4. The SMILES string of the molecule is O=C(CN1C(=O)S/C(=C\c2ccccc2O)C1=O)N1CCCCC1. The molecular formula is C17H18N2O4S. The first kappa shape index (κ1) is 16.6. The molecule has 6 nitrogen and oxygen atoms in total. The van der Waals surface area contributed by atoms with Gasteiger partial charge in [0.25, 0.3) is 11.1 Å². The molecule has 24 heavy (non-hydrogen) atoms. The number of amides is 3. The number of phenolic OH excluding ortho intramolecular Hbond substituents is 1. The first-order valence-corrected chi connectivity index (χ1v) is 8.69. The minimum absolute atomic E-state index is 0.0358. The molecule has 1 aromatic carbocycles.